The fourth-order valence-corrected chi connectivity index (χ4v) is 2.74. The predicted molar refractivity (Wildman–Crippen MR) is 71.9 cm³/mol. The standard InChI is InChI=1S/C11H16N4OS/c1-6-7(2)17-9-8(6)10(16)15(3)11(14-9)13-5-4-12/h4-5,12H2,1-3H3,(H,13,14). The van der Waals surface area contributed by atoms with Gasteiger partial charge in [-0.1, -0.05) is 0 Å². The third-order valence-corrected chi connectivity index (χ3v) is 3.94. The maximum absolute atomic E-state index is 12.2. The van der Waals surface area contributed by atoms with Crippen molar-refractivity contribution in [3.63, 3.8) is 0 Å². The molecule has 0 unspecified atom stereocenters. The molecule has 2 rings (SSSR count). The largest absolute Gasteiger partial charge is 0.354 e. The summed E-state index contributed by atoms with van der Waals surface area (Å²) < 4.78 is 1.54. The molecule has 0 spiro atoms. The van der Waals surface area contributed by atoms with Gasteiger partial charge in [-0.15, -0.1) is 11.3 Å². The van der Waals surface area contributed by atoms with Gasteiger partial charge in [0, 0.05) is 25.0 Å². The molecule has 2 aromatic heterocycles. The molecule has 0 amide bonds. The van der Waals surface area contributed by atoms with Crippen LogP contribution in [0.2, 0.25) is 0 Å². The Balaban J connectivity index is 2.67. The topological polar surface area (TPSA) is 72.9 Å². The van der Waals surface area contributed by atoms with E-state index in [0.29, 0.717) is 19.0 Å². The van der Waals surface area contributed by atoms with Crippen LogP contribution < -0.4 is 16.6 Å². The molecule has 0 aliphatic rings. The minimum Gasteiger partial charge on any atom is -0.354 e. The predicted octanol–water partition coefficient (Wildman–Crippen LogP) is 0.982. The molecule has 6 heteroatoms. The second-order valence-electron chi connectivity index (χ2n) is 3.98. The lowest BCUT2D eigenvalue weighted by Crippen LogP contribution is -2.24. The van der Waals surface area contributed by atoms with Crippen LogP contribution in [0.25, 0.3) is 10.2 Å². The molecular formula is C11H16N4OS. The van der Waals surface area contributed by atoms with Crippen LogP contribution in [-0.4, -0.2) is 22.6 Å². The number of thiophene rings is 1. The summed E-state index contributed by atoms with van der Waals surface area (Å²) in [5.41, 5.74) is 6.46. The van der Waals surface area contributed by atoms with Crippen molar-refractivity contribution >= 4 is 27.5 Å². The molecule has 92 valence electrons. The first-order valence-corrected chi connectivity index (χ1v) is 6.28. The van der Waals surface area contributed by atoms with Crippen molar-refractivity contribution in [3.05, 3.63) is 20.8 Å². The fraction of sp³-hybridized carbons (Fsp3) is 0.455. The number of hydrogen-bond donors (Lipinski definition) is 2. The molecule has 0 saturated heterocycles. The van der Waals surface area contributed by atoms with Gasteiger partial charge in [0.1, 0.15) is 4.83 Å². The Hall–Kier alpha value is -1.40. The smallest absolute Gasteiger partial charge is 0.263 e. The average molecular weight is 252 g/mol. The van der Waals surface area contributed by atoms with Gasteiger partial charge in [-0.05, 0) is 19.4 Å². The van der Waals surface area contributed by atoms with Crippen molar-refractivity contribution in [2.24, 2.45) is 12.8 Å². The summed E-state index contributed by atoms with van der Waals surface area (Å²) in [6, 6.07) is 0. The number of hydrogen-bond acceptors (Lipinski definition) is 5. The van der Waals surface area contributed by atoms with E-state index < -0.39 is 0 Å². The molecule has 5 nitrogen and oxygen atoms in total. The van der Waals surface area contributed by atoms with E-state index in [1.165, 1.54) is 4.57 Å². The monoisotopic (exact) mass is 252 g/mol. The quantitative estimate of drug-likeness (QED) is 0.854. The summed E-state index contributed by atoms with van der Waals surface area (Å²) in [4.78, 5) is 18.6. The van der Waals surface area contributed by atoms with Gasteiger partial charge in [0.25, 0.3) is 5.56 Å². The van der Waals surface area contributed by atoms with Crippen molar-refractivity contribution in [1.29, 1.82) is 0 Å². The lowest BCUT2D eigenvalue weighted by atomic mass is 10.2. The highest BCUT2D eigenvalue weighted by Crippen LogP contribution is 2.26. The van der Waals surface area contributed by atoms with Crippen LogP contribution in [0.1, 0.15) is 10.4 Å². The molecule has 0 bridgehead atoms. The van der Waals surface area contributed by atoms with Gasteiger partial charge >= 0.3 is 0 Å². The van der Waals surface area contributed by atoms with E-state index in [1.54, 1.807) is 18.4 Å². The summed E-state index contributed by atoms with van der Waals surface area (Å²) in [6.07, 6.45) is 0. The lowest BCUT2D eigenvalue weighted by molar-refractivity contribution is 0.836. The third kappa shape index (κ3) is 1.94. The van der Waals surface area contributed by atoms with Crippen LogP contribution >= 0.6 is 11.3 Å². The Morgan fingerprint density at radius 3 is 2.82 bits per heavy atom. The van der Waals surface area contributed by atoms with Crippen LogP contribution in [0.4, 0.5) is 5.95 Å². The van der Waals surface area contributed by atoms with Crippen LogP contribution in [0.5, 0.6) is 0 Å². The molecule has 0 atom stereocenters. The number of nitrogens with two attached hydrogens (primary N) is 1. The lowest BCUT2D eigenvalue weighted by Gasteiger charge is -2.08. The van der Waals surface area contributed by atoms with E-state index in [2.05, 4.69) is 10.3 Å². The maximum Gasteiger partial charge on any atom is 0.263 e. The van der Waals surface area contributed by atoms with Gasteiger partial charge in [0.05, 0.1) is 5.39 Å². The van der Waals surface area contributed by atoms with E-state index in [9.17, 15) is 4.79 Å². The van der Waals surface area contributed by atoms with Crippen LogP contribution in [0.15, 0.2) is 4.79 Å². The second-order valence-corrected chi connectivity index (χ2v) is 5.18. The first kappa shape index (κ1) is 12.1. The number of nitrogens with one attached hydrogen (secondary N) is 1. The summed E-state index contributed by atoms with van der Waals surface area (Å²) in [5.74, 6) is 0.578. The zero-order chi connectivity index (χ0) is 12.6. The van der Waals surface area contributed by atoms with Gasteiger partial charge in [-0.2, -0.15) is 0 Å². The van der Waals surface area contributed by atoms with E-state index >= 15 is 0 Å². The van der Waals surface area contributed by atoms with Crippen molar-refractivity contribution < 1.29 is 0 Å². The van der Waals surface area contributed by atoms with Crippen molar-refractivity contribution in [2.75, 3.05) is 18.4 Å². The maximum atomic E-state index is 12.2. The van der Waals surface area contributed by atoms with Gasteiger partial charge < -0.3 is 11.1 Å². The number of aryl methyl sites for hydroxylation is 2. The Kier molecular flexibility index (Phi) is 3.17. The highest BCUT2D eigenvalue weighted by molar-refractivity contribution is 7.18. The third-order valence-electron chi connectivity index (χ3n) is 2.84. The Bertz CT molecular complexity index is 614. The van der Waals surface area contributed by atoms with E-state index in [4.69, 9.17) is 5.73 Å². The Morgan fingerprint density at radius 2 is 2.18 bits per heavy atom. The summed E-state index contributed by atoms with van der Waals surface area (Å²) in [5, 5.41) is 3.79. The van der Waals surface area contributed by atoms with Gasteiger partial charge in [-0.3, -0.25) is 9.36 Å². The molecule has 0 radical (unpaired) electrons. The first-order valence-electron chi connectivity index (χ1n) is 5.47. The van der Waals surface area contributed by atoms with Crippen LogP contribution in [-0.2, 0) is 7.05 Å². The van der Waals surface area contributed by atoms with Crippen molar-refractivity contribution in [3.8, 4) is 0 Å². The second kappa shape index (κ2) is 4.46. The minimum atomic E-state index is -0.00336. The molecule has 0 aliphatic heterocycles. The highest BCUT2D eigenvalue weighted by atomic mass is 32.1. The van der Waals surface area contributed by atoms with Crippen LogP contribution in [0.3, 0.4) is 0 Å². The molecule has 0 fully saturated rings. The van der Waals surface area contributed by atoms with Crippen molar-refractivity contribution in [2.45, 2.75) is 13.8 Å². The number of nitrogens with zero attached hydrogens (tertiary/aromatic N) is 2. The summed E-state index contributed by atoms with van der Waals surface area (Å²) in [6.45, 7) is 5.09. The number of anilines is 1. The zero-order valence-corrected chi connectivity index (χ0v) is 11.0. The summed E-state index contributed by atoms with van der Waals surface area (Å²) >= 11 is 1.55. The van der Waals surface area contributed by atoms with Gasteiger partial charge in [0.2, 0.25) is 5.95 Å². The molecule has 2 aromatic rings. The SMILES string of the molecule is Cc1sc2nc(NCCN)n(C)c(=O)c2c1C. The number of fused-ring (bicyclic) bond motifs is 1. The molecule has 0 saturated carbocycles. The normalized spacial score (nSPS) is 11.1. The molecular weight excluding hydrogens is 236 g/mol. The zero-order valence-electron chi connectivity index (χ0n) is 10.2. The van der Waals surface area contributed by atoms with Crippen LogP contribution in [0, 0.1) is 13.8 Å². The highest BCUT2D eigenvalue weighted by Gasteiger charge is 2.13. The first-order chi connectivity index (χ1) is 8.06. The average Bonchev–Trinajstić information content (AvgIpc) is 2.58. The Morgan fingerprint density at radius 1 is 1.47 bits per heavy atom. The molecule has 2 heterocycles. The van der Waals surface area contributed by atoms with E-state index in [0.717, 1.165) is 20.7 Å². The van der Waals surface area contributed by atoms with Gasteiger partial charge in [-0.25, -0.2) is 4.98 Å². The number of aromatic nitrogens is 2. The van der Waals surface area contributed by atoms with E-state index in [1.807, 2.05) is 13.8 Å². The molecule has 0 aromatic carbocycles. The summed E-state index contributed by atoms with van der Waals surface area (Å²) in [7, 11) is 1.72. The number of rotatable bonds is 3. The molecule has 17 heavy (non-hydrogen) atoms. The van der Waals surface area contributed by atoms with E-state index in [-0.39, 0.29) is 5.56 Å². The Labute approximate surface area is 103 Å². The fourth-order valence-electron chi connectivity index (χ4n) is 1.72. The molecule has 0 aliphatic carbocycles. The van der Waals surface area contributed by atoms with Gasteiger partial charge in [0.15, 0.2) is 0 Å². The molecule has 3 N–H and O–H groups in total. The minimum absolute atomic E-state index is 0.00336. The van der Waals surface area contributed by atoms with Crippen molar-refractivity contribution in [1.82, 2.24) is 9.55 Å².